The summed E-state index contributed by atoms with van der Waals surface area (Å²) in [6.07, 6.45) is 1.92. The van der Waals surface area contributed by atoms with Gasteiger partial charge in [-0.1, -0.05) is 13.0 Å². The summed E-state index contributed by atoms with van der Waals surface area (Å²) in [5, 5.41) is 10.7. The number of quaternary nitrogens is 1. The largest absolute Gasteiger partial charge is 0.550 e. The van der Waals surface area contributed by atoms with E-state index in [2.05, 4.69) is 16.0 Å². The first-order chi connectivity index (χ1) is 8.66. The summed E-state index contributed by atoms with van der Waals surface area (Å²) in [7, 11) is 0. The lowest BCUT2D eigenvalue weighted by Crippen LogP contribution is -3.15. The Morgan fingerprint density at radius 2 is 2.22 bits per heavy atom. The highest BCUT2D eigenvalue weighted by atomic mass is 16.4. The van der Waals surface area contributed by atoms with Gasteiger partial charge in [0.25, 0.3) is 5.82 Å². The molecule has 0 saturated carbocycles. The Balaban J connectivity index is 1.83. The molecule has 0 unspecified atom stereocenters. The minimum atomic E-state index is -0.943. The van der Waals surface area contributed by atoms with Crippen LogP contribution in [-0.2, 0) is 4.79 Å². The van der Waals surface area contributed by atoms with Crippen LogP contribution in [0.25, 0.3) is 0 Å². The van der Waals surface area contributed by atoms with Crippen molar-refractivity contribution in [1.29, 1.82) is 0 Å². The predicted octanol–water partition coefficient (Wildman–Crippen LogP) is -2.41. The number of hydrogen-bond donors (Lipinski definition) is 1. The lowest BCUT2D eigenvalue weighted by Gasteiger charge is -2.30. The minimum absolute atomic E-state index is 0.366. The fraction of sp³-hybridized carbons (Fsp3) is 0.538. The van der Waals surface area contributed by atoms with Crippen molar-refractivity contribution in [2.75, 3.05) is 37.6 Å². The highest BCUT2D eigenvalue weighted by Gasteiger charge is 2.26. The quantitative estimate of drug-likeness (QED) is 0.647. The molecule has 1 aromatic rings. The first-order valence-electron chi connectivity index (χ1n) is 6.43. The molecule has 5 heteroatoms. The van der Waals surface area contributed by atoms with Gasteiger partial charge < -0.3 is 14.8 Å². The maximum absolute atomic E-state index is 10.7. The molecule has 0 radical (unpaired) electrons. The summed E-state index contributed by atoms with van der Waals surface area (Å²) < 4.78 is 0. The first-order valence-corrected chi connectivity index (χ1v) is 6.43. The summed E-state index contributed by atoms with van der Waals surface area (Å²) in [5.41, 5.74) is 0. The van der Waals surface area contributed by atoms with E-state index in [1.807, 2.05) is 18.3 Å². The van der Waals surface area contributed by atoms with Crippen LogP contribution in [0.1, 0.15) is 6.92 Å². The average molecular weight is 250 g/mol. The fourth-order valence-corrected chi connectivity index (χ4v) is 2.36. The minimum Gasteiger partial charge on any atom is -0.550 e. The number of carboxylic acid groups (broad SMARTS) is 1. The maximum atomic E-state index is 10.7. The van der Waals surface area contributed by atoms with E-state index in [0.717, 1.165) is 32.0 Å². The molecule has 1 atom stereocenters. The van der Waals surface area contributed by atoms with Crippen LogP contribution in [0.5, 0.6) is 0 Å². The molecule has 0 aromatic carbocycles. The molecular weight excluding hydrogens is 230 g/mol. The molecule has 18 heavy (non-hydrogen) atoms. The Bertz CT molecular complexity index is 388. The van der Waals surface area contributed by atoms with Crippen molar-refractivity contribution in [1.82, 2.24) is 0 Å². The van der Waals surface area contributed by atoms with Gasteiger partial charge in [-0.3, -0.25) is 4.90 Å². The molecule has 5 nitrogen and oxygen atoms in total. The third kappa shape index (κ3) is 3.20. The number of nitrogens with zero attached hydrogens (tertiary/aromatic N) is 1. The molecule has 2 N–H and O–H groups in total. The number of aromatic nitrogens is 1. The van der Waals surface area contributed by atoms with Crippen molar-refractivity contribution >= 4 is 11.8 Å². The standard InChI is InChI=1S/C13H19N3O2/c1-11(13(17)18)10-15-6-8-16(9-7-15)12-4-2-3-5-14-12/h2-5,11H,6-10H2,1H3,(H,17,18)/p+1/t11-/m0/s1. The molecular formula is C13H20N3O2+. The number of carbonyl (C=O) groups is 1. The number of nitrogens with one attached hydrogen (secondary N) is 2. The van der Waals surface area contributed by atoms with Gasteiger partial charge in [-0.15, -0.1) is 0 Å². The van der Waals surface area contributed by atoms with Crippen molar-refractivity contribution < 1.29 is 19.8 Å². The van der Waals surface area contributed by atoms with Gasteiger partial charge in [-0.25, -0.2) is 4.98 Å². The lowest BCUT2D eigenvalue weighted by atomic mass is 10.1. The van der Waals surface area contributed by atoms with Crippen LogP contribution in [-0.4, -0.2) is 38.7 Å². The fourth-order valence-electron chi connectivity index (χ4n) is 2.36. The molecule has 2 rings (SSSR count). The second kappa shape index (κ2) is 5.82. The van der Waals surface area contributed by atoms with Gasteiger partial charge in [0.2, 0.25) is 0 Å². The molecule has 1 aromatic heterocycles. The topological polar surface area (TPSA) is 62.0 Å². The van der Waals surface area contributed by atoms with E-state index in [1.165, 1.54) is 4.90 Å². The average Bonchev–Trinajstić information content (AvgIpc) is 2.40. The molecule has 98 valence electrons. The summed E-state index contributed by atoms with van der Waals surface area (Å²) in [5.74, 6) is -0.180. The summed E-state index contributed by atoms with van der Waals surface area (Å²) in [6.45, 7) is 6.24. The summed E-state index contributed by atoms with van der Waals surface area (Å²) >= 11 is 0. The van der Waals surface area contributed by atoms with Crippen LogP contribution in [0.4, 0.5) is 5.82 Å². The van der Waals surface area contributed by atoms with Crippen molar-refractivity contribution in [3.8, 4) is 0 Å². The van der Waals surface area contributed by atoms with Gasteiger partial charge in [-0.2, -0.15) is 0 Å². The van der Waals surface area contributed by atoms with Gasteiger partial charge >= 0.3 is 0 Å². The molecule has 0 spiro atoms. The Labute approximate surface area is 107 Å². The van der Waals surface area contributed by atoms with E-state index in [0.29, 0.717) is 6.54 Å². The zero-order valence-electron chi connectivity index (χ0n) is 10.7. The molecule has 1 fully saturated rings. The Kier molecular flexibility index (Phi) is 4.15. The van der Waals surface area contributed by atoms with E-state index in [9.17, 15) is 9.90 Å². The Hall–Kier alpha value is -1.62. The van der Waals surface area contributed by atoms with E-state index >= 15 is 0 Å². The normalized spacial score (nSPS) is 18.6. The molecule has 0 bridgehead atoms. The van der Waals surface area contributed by atoms with E-state index in [-0.39, 0.29) is 5.92 Å². The van der Waals surface area contributed by atoms with Crippen molar-refractivity contribution in [2.45, 2.75) is 6.92 Å². The van der Waals surface area contributed by atoms with E-state index in [1.54, 1.807) is 6.92 Å². The number of carboxylic acids is 1. The molecule has 0 amide bonds. The van der Waals surface area contributed by atoms with Crippen LogP contribution in [0.3, 0.4) is 0 Å². The van der Waals surface area contributed by atoms with Gasteiger partial charge in [0.15, 0.2) is 0 Å². The van der Waals surface area contributed by atoms with Crippen molar-refractivity contribution in [2.24, 2.45) is 5.92 Å². The monoisotopic (exact) mass is 250 g/mol. The van der Waals surface area contributed by atoms with Crippen molar-refractivity contribution in [3.05, 3.63) is 24.4 Å². The number of rotatable bonds is 4. The first kappa shape index (κ1) is 12.8. The zero-order valence-corrected chi connectivity index (χ0v) is 10.7. The second-order valence-electron chi connectivity index (χ2n) is 4.91. The molecule has 0 aliphatic carbocycles. The van der Waals surface area contributed by atoms with Gasteiger partial charge in [0, 0.05) is 18.0 Å². The third-order valence-electron chi connectivity index (χ3n) is 3.50. The SMILES string of the molecule is C[C@@H](C[NH+]1CCN(c2cccc[nH+]2)CC1)C(=O)[O-]. The van der Waals surface area contributed by atoms with E-state index < -0.39 is 5.97 Å². The van der Waals surface area contributed by atoms with Gasteiger partial charge in [0.05, 0.1) is 12.7 Å². The lowest BCUT2D eigenvalue weighted by molar-refractivity contribution is -0.903. The van der Waals surface area contributed by atoms with Gasteiger partial charge in [0.1, 0.15) is 26.2 Å². The van der Waals surface area contributed by atoms with Crippen molar-refractivity contribution in [3.63, 3.8) is 0 Å². The number of piperazine rings is 1. The number of aromatic amines is 1. The Morgan fingerprint density at radius 1 is 1.50 bits per heavy atom. The number of pyridine rings is 1. The maximum Gasteiger partial charge on any atom is 0.274 e. The number of anilines is 1. The molecule has 2 heterocycles. The number of H-pyrrole nitrogens is 1. The number of carbonyl (C=O) groups excluding carboxylic acids is 1. The highest BCUT2D eigenvalue weighted by Crippen LogP contribution is 2.04. The number of hydrogen-bond acceptors (Lipinski definition) is 3. The zero-order chi connectivity index (χ0) is 13.0. The van der Waals surface area contributed by atoms with E-state index in [4.69, 9.17) is 0 Å². The predicted molar refractivity (Wildman–Crippen MR) is 64.9 cm³/mol. The third-order valence-corrected chi connectivity index (χ3v) is 3.50. The summed E-state index contributed by atoms with van der Waals surface area (Å²) in [4.78, 5) is 17.6. The van der Waals surface area contributed by atoms with Gasteiger partial charge in [-0.05, 0) is 6.07 Å². The Morgan fingerprint density at radius 3 is 2.78 bits per heavy atom. The second-order valence-corrected chi connectivity index (χ2v) is 4.91. The molecule has 1 aliphatic rings. The van der Waals surface area contributed by atoms with Crippen LogP contribution < -0.4 is 19.9 Å². The summed E-state index contributed by atoms with van der Waals surface area (Å²) in [6, 6.07) is 6.05. The molecule has 1 aliphatic heterocycles. The highest BCUT2D eigenvalue weighted by molar-refractivity contribution is 5.67. The number of aliphatic carboxylic acids is 1. The van der Waals surface area contributed by atoms with Crippen LogP contribution >= 0.6 is 0 Å². The molecule has 1 saturated heterocycles. The van der Waals surface area contributed by atoms with Crippen LogP contribution in [0.2, 0.25) is 0 Å². The smallest absolute Gasteiger partial charge is 0.274 e. The van der Waals surface area contributed by atoms with Crippen LogP contribution in [0, 0.1) is 5.92 Å². The van der Waals surface area contributed by atoms with Crippen LogP contribution in [0.15, 0.2) is 24.4 Å².